The molecule has 1 N–H and O–H groups in total. The summed E-state index contributed by atoms with van der Waals surface area (Å²) in [5.74, 6) is -0.930. The quantitative estimate of drug-likeness (QED) is 0.580. The summed E-state index contributed by atoms with van der Waals surface area (Å²) in [6.07, 6.45) is 0.289. The van der Waals surface area contributed by atoms with Crippen LogP contribution in [-0.2, 0) is 30.4 Å². The van der Waals surface area contributed by atoms with Crippen LogP contribution in [0.1, 0.15) is 32.3 Å². The number of alkyl carbamates (subject to hydrolysis) is 1. The lowest BCUT2D eigenvalue weighted by Crippen LogP contribution is -2.53. The van der Waals surface area contributed by atoms with Gasteiger partial charge in [0.15, 0.2) is 0 Å². The minimum Gasteiger partial charge on any atom is -0.469 e. The molecule has 1 saturated carbocycles. The maximum absolute atomic E-state index is 12.1. The van der Waals surface area contributed by atoms with Crippen molar-refractivity contribution in [2.24, 2.45) is 17.3 Å². The van der Waals surface area contributed by atoms with Crippen LogP contribution in [0.5, 0.6) is 0 Å². The van der Waals surface area contributed by atoms with Gasteiger partial charge in [-0.2, -0.15) is 0 Å². The van der Waals surface area contributed by atoms with E-state index in [9.17, 15) is 14.4 Å². The summed E-state index contributed by atoms with van der Waals surface area (Å²) in [5, 5.41) is 2.58. The molecule has 0 aliphatic heterocycles. The summed E-state index contributed by atoms with van der Waals surface area (Å²) >= 11 is 0. The molecule has 0 heterocycles. The van der Waals surface area contributed by atoms with E-state index in [1.54, 1.807) is 0 Å². The van der Waals surface area contributed by atoms with Gasteiger partial charge in [-0.1, -0.05) is 44.2 Å². The van der Waals surface area contributed by atoms with Crippen molar-refractivity contribution < 1.29 is 28.6 Å². The Morgan fingerprint density at radius 1 is 1.15 bits per heavy atom. The predicted octanol–water partition coefficient (Wildman–Crippen LogP) is 2.68. The van der Waals surface area contributed by atoms with Gasteiger partial charge in [-0.05, 0) is 29.7 Å². The zero-order chi connectivity index (χ0) is 20.0. The molecule has 0 aromatic heterocycles. The molecule has 0 radical (unpaired) electrons. The van der Waals surface area contributed by atoms with Gasteiger partial charge in [0.05, 0.1) is 20.1 Å². The number of esters is 2. The van der Waals surface area contributed by atoms with E-state index < -0.39 is 18.1 Å². The highest BCUT2D eigenvalue weighted by molar-refractivity contribution is 5.81. The van der Waals surface area contributed by atoms with Crippen molar-refractivity contribution in [1.82, 2.24) is 5.32 Å². The van der Waals surface area contributed by atoms with Gasteiger partial charge in [-0.25, -0.2) is 9.59 Å². The second-order valence-corrected chi connectivity index (χ2v) is 7.35. The van der Waals surface area contributed by atoms with Crippen molar-refractivity contribution in [3.63, 3.8) is 0 Å². The summed E-state index contributed by atoms with van der Waals surface area (Å²) in [5.41, 5.74) is 0.526. The van der Waals surface area contributed by atoms with Crippen LogP contribution in [0, 0.1) is 17.3 Å². The van der Waals surface area contributed by atoms with Crippen LogP contribution in [0.4, 0.5) is 4.79 Å². The Morgan fingerprint density at radius 2 is 1.81 bits per heavy atom. The number of amides is 1. The van der Waals surface area contributed by atoms with E-state index >= 15 is 0 Å². The van der Waals surface area contributed by atoms with Gasteiger partial charge >= 0.3 is 18.0 Å². The van der Waals surface area contributed by atoms with Crippen molar-refractivity contribution in [2.45, 2.75) is 39.3 Å². The van der Waals surface area contributed by atoms with Gasteiger partial charge in [0.25, 0.3) is 0 Å². The molecule has 0 bridgehead atoms. The third kappa shape index (κ3) is 4.99. The van der Waals surface area contributed by atoms with Crippen LogP contribution in [0.15, 0.2) is 30.3 Å². The molecule has 148 valence electrons. The van der Waals surface area contributed by atoms with Crippen LogP contribution in [0.3, 0.4) is 0 Å². The third-order valence-corrected chi connectivity index (χ3v) is 5.47. The number of benzene rings is 1. The Kier molecular flexibility index (Phi) is 6.82. The molecule has 0 spiro atoms. The molecule has 3 atom stereocenters. The Labute approximate surface area is 159 Å². The molecule has 1 aliphatic carbocycles. The minimum atomic E-state index is -0.832. The zero-order valence-corrected chi connectivity index (χ0v) is 16.2. The lowest BCUT2D eigenvalue weighted by atomic mass is 9.53. The minimum absolute atomic E-state index is 0.0696. The number of carbonyl (C=O) groups excluding carboxylic acids is 3. The average Bonchev–Trinajstić information content (AvgIpc) is 2.67. The van der Waals surface area contributed by atoms with Crippen molar-refractivity contribution in [1.29, 1.82) is 0 Å². The number of hydrogen-bond acceptors (Lipinski definition) is 6. The van der Waals surface area contributed by atoms with Crippen molar-refractivity contribution in [2.75, 3.05) is 14.2 Å². The summed E-state index contributed by atoms with van der Waals surface area (Å²) in [6.45, 7) is 4.04. The van der Waals surface area contributed by atoms with E-state index in [1.807, 2.05) is 44.2 Å². The maximum atomic E-state index is 12.1. The standard InChI is InChI=1S/C20H27NO6/c1-20(2)14(10-15(20)17(22)25-3)11-16(18(23)26-4)21-19(24)27-12-13-8-6-5-7-9-13/h5-9,14-16H,10-12H2,1-4H3,(H,21,24)/t14-,15+,16-/m0/s1. The van der Waals surface area contributed by atoms with E-state index in [0.717, 1.165) is 5.56 Å². The summed E-state index contributed by atoms with van der Waals surface area (Å²) in [7, 11) is 2.64. The van der Waals surface area contributed by atoms with Gasteiger partial charge in [0.2, 0.25) is 0 Å². The third-order valence-electron chi connectivity index (χ3n) is 5.47. The van der Waals surface area contributed by atoms with E-state index in [4.69, 9.17) is 14.2 Å². The molecule has 27 heavy (non-hydrogen) atoms. The molecular formula is C20H27NO6. The van der Waals surface area contributed by atoms with Gasteiger partial charge < -0.3 is 19.5 Å². The Balaban J connectivity index is 1.93. The molecule has 1 aromatic carbocycles. The highest BCUT2D eigenvalue weighted by Crippen LogP contribution is 2.53. The Morgan fingerprint density at radius 3 is 2.37 bits per heavy atom. The summed E-state index contributed by atoms with van der Waals surface area (Å²) in [4.78, 5) is 36.0. The first-order valence-electron chi connectivity index (χ1n) is 8.92. The van der Waals surface area contributed by atoms with Crippen LogP contribution in [-0.4, -0.2) is 38.3 Å². The van der Waals surface area contributed by atoms with E-state index in [-0.39, 0.29) is 29.8 Å². The first kappa shape index (κ1) is 20.7. The fraction of sp³-hybridized carbons (Fsp3) is 0.550. The maximum Gasteiger partial charge on any atom is 0.408 e. The first-order valence-corrected chi connectivity index (χ1v) is 8.92. The van der Waals surface area contributed by atoms with Crippen molar-refractivity contribution in [3.8, 4) is 0 Å². The van der Waals surface area contributed by atoms with Gasteiger partial charge in [-0.3, -0.25) is 4.79 Å². The normalized spacial score (nSPS) is 21.3. The Hall–Kier alpha value is -2.57. The smallest absolute Gasteiger partial charge is 0.408 e. The number of hydrogen-bond donors (Lipinski definition) is 1. The largest absolute Gasteiger partial charge is 0.469 e. The first-order chi connectivity index (χ1) is 12.8. The number of ether oxygens (including phenoxy) is 3. The molecule has 7 heteroatoms. The van der Waals surface area contributed by atoms with E-state index in [0.29, 0.717) is 12.8 Å². The lowest BCUT2D eigenvalue weighted by Gasteiger charge is -2.51. The van der Waals surface area contributed by atoms with Gasteiger partial charge in [0.1, 0.15) is 12.6 Å². The predicted molar refractivity (Wildman–Crippen MR) is 97.6 cm³/mol. The molecule has 7 nitrogen and oxygen atoms in total. The van der Waals surface area contributed by atoms with Crippen molar-refractivity contribution in [3.05, 3.63) is 35.9 Å². The van der Waals surface area contributed by atoms with E-state index in [2.05, 4.69) is 5.32 Å². The molecule has 1 fully saturated rings. The second kappa shape index (κ2) is 8.88. The van der Waals surface area contributed by atoms with Crippen LogP contribution in [0.2, 0.25) is 0 Å². The monoisotopic (exact) mass is 377 g/mol. The van der Waals surface area contributed by atoms with E-state index in [1.165, 1.54) is 14.2 Å². The Bertz CT molecular complexity index is 672. The fourth-order valence-electron chi connectivity index (χ4n) is 3.51. The number of carbonyl (C=O) groups is 3. The highest BCUT2D eigenvalue weighted by Gasteiger charge is 2.53. The van der Waals surface area contributed by atoms with Crippen LogP contribution in [0.25, 0.3) is 0 Å². The highest BCUT2D eigenvalue weighted by atomic mass is 16.6. The van der Waals surface area contributed by atoms with Crippen LogP contribution < -0.4 is 5.32 Å². The SMILES string of the molecule is COC(=O)[C@H](C[C@@H]1C[C@H](C(=O)OC)C1(C)C)NC(=O)OCc1ccccc1. The number of nitrogens with one attached hydrogen (secondary N) is 1. The zero-order valence-electron chi connectivity index (χ0n) is 16.2. The summed E-state index contributed by atoms with van der Waals surface area (Å²) < 4.78 is 14.8. The van der Waals surface area contributed by atoms with Crippen LogP contribution >= 0.6 is 0 Å². The van der Waals surface area contributed by atoms with Crippen molar-refractivity contribution >= 4 is 18.0 Å². The molecule has 0 saturated heterocycles. The topological polar surface area (TPSA) is 90.9 Å². The molecule has 1 aliphatic rings. The molecule has 1 aromatic rings. The second-order valence-electron chi connectivity index (χ2n) is 7.35. The molecule has 1 amide bonds. The molecular weight excluding hydrogens is 350 g/mol. The van der Waals surface area contributed by atoms with Gasteiger partial charge in [0, 0.05) is 0 Å². The summed E-state index contributed by atoms with van der Waals surface area (Å²) in [6, 6.07) is 8.43. The number of methoxy groups -OCH3 is 2. The lowest BCUT2D eigenvalue weighted by molar-refractivity contribution is -0.164. The molecule has 0 unspecified atom stereocenters. The average molecular weight is 377 g/mol. The fourth-order valence-corrected chi connectivity index (χ4v) is 3.51. The number of rotatable bonds is 7. The van der Waals surface area contributed by atoms with Gasteiger partial charge in [-0.15, -0.1) is 0 Å². The molecule has 2 rings (SSSR count).